The molecule has 1 aliphatic heterocycles. The average Bonchev–Trinajstić information content (AvgIpc) is 2.93. The summed E-state index contributed by atoms with van der Waals surface area (Å²) in [6.45, 7) is 0.0977. The number of hydrogen-bond acceptors (Lipinski definition) is 8. The van der Waals surface area contributed by atoms with Crippen LogP contribution in [-0.2, 0) is 25.7 Å². The van der Waals surface area contributed by atoms with Crippen molar-refractivity contribution in [3.05, 3.63) is 65.2 Å². The number of amides is 2. The Kier molecular flexibility index (Phi) is 12.3. The fourth-order valence-electron chi connectivity index (χ4n) is 4.09. The van der Waals surface area contributed by atoms with Gasteiger partial charge in [0.1, 0.15) is 0 Å². The largest absolute Gasteiger partial charge is 0.396 e. The van der Waals surface area contributed by atoms with Gasteiger partial charge in [-0.15, -0.1) is 0 Å². The number of thioether (sulfide) groups is 1. The van der Waals surface area contributed by atoms with Crippen LogP contribution in [0.4, 0.5) is 5.69 Å². The predicted molar refractivity (Wildman–Crippen MR) is 141 cm³/mol. The Bertz CT molecular complexity index is 989. The second-order valence-corrected chi connectivity index (χ2v) is 10.1. The van der Waals surface area contributed by atoms with Gasteiger partial charge in [-0.3, -0.25) is 14.8 Å². The van der Waals surface area contributed by atoms with E-state index < -0.39 is 12.2 Å². The van der Waals surface area contributed by atoms with Gasteiger partial charge in [0.05, 0.1) is 25.4 Å². The minimum Gasteiger partial charge on any atom is -0.396 e. The second kappa shape index (κ2) is 15.7. The van der Waals surface area contributed by atoms with E-state index in [9.17, 15) is 14.7 Å². The standard InChI is InChI=1S/C27H36N2O7S/c30-13-14-37-18-23-16-24(20-11-9-19(17-31)10-12-20)36-27(35-23)21-5-4-6-22(15-21)28-25(32)7-2-1-3-8-26(33)29-34/h4-6,9-12,15,23-24,27,30-31,34H,1-3,7-8,13-14,16-18H2,(H,28,32)(H,29,33)/t23-,24+,27+/m1/s1. The zero-order valence-electron chi connectivity index (χ0n) is 20.8. The highest BCUT2D eigenvalue weighted by atomic mass is 32.2. The fraction of sp³-hybridized carbons (Fsp3) is 0.481. The van der Waals surface area contributed by atoms with E-state index in [-0.39, 0.29) is 37.7 Å². The first-order chi connectivity index (χ1) is 18.0. The molecule has 5 N–H and O–H groups in total. The minimum atomic E-state index is -0.620. The number of carbonyl (C=O) groups is 2. The molecular formula is C27H36N2O7S. The Morgan fingerprint density at radius 1 is 0.946 bits per heavy atom. The molecule has 0 saturated carbocycles. The molecule has 1 aliphatic rings. The van der Waals surface area contributed by atoms with E-state index in [1.807, 2.05) is 48.5 Å². The molecule has 3 atom stereocenters. The smallest absolute Gasteiger partial charge is 0.243 e. The van der Waals surface area contributed by atoms with Crippen molar-refractivity contribution < 1.29 is 34.5 Å². The van der Waals surface area contributed by atoms with E-state index in [0.29, 0.717) is 43.5 Å². The first kappa shape index (κ1) is 29.1. The van der Waals surface area contributed by atoms with Crippen LogP contribution in [0.2, 0.25) is 0 Å². The van der Waals surface area contributed by atoms with Crippen molar-refractivity contribution in [2.24, 2.45) is 0 Å². The van der Waals surface area contributed by atoms with Crippen LogP contribution in [0.3, 0.4) is 0 Å². The van der Waals surface area contributed by atoms with E-state index in [1.165, 1.54) is 0 Å². The molecule has 1 heterocycles. The van der Waals surface area contributed by atoms with E-state index in [4.69, 9.17) is 19.8 Å². The molecule has 37 heavy (non-hydrogen) atoms. The number of anilines is 1. The maximum Gasteiger partial charge on any atom is 0.243 e. The summed E-state index contributed by atoms with van der Waals surface area (Å²) in [5.74, 6) is 0.820. The highest BCUT2D eigenvalue weighted by Gasteiger charge is 2.32. The lowest BCUT2D eigenvalue weighted by Gasteiger charge is -2.36. The third-order valence-electron chi connectivity index (χ3n) is 6.03. The Morgan fingerprint density at radius 2 is 1.70 bits per heavy atom. The fourth-order valence-corrected chi connectivity index (χ4v) is 4.87. The molecule has 0 aromatic heterocycles. The summed E-state index contributed by atoms with van der Waals surface area (Å²) in [6, 6.07) is 15.1. The van der Waals surface area contributed by atoms with Gasteiger partial charge in [-0.25, -0.2) is 5.48 Å². The zero-order chi connectivity index (χ0) is 26.5. The van der Waals surface area contributed by atoms with Crippen LogP contribution in [-0.4, -0.2) is 51.5 Å². The Morgan fingerprint density at radius 3 is 2.41 bits per heavy atom. The molecule has 9 nitrogen and oxygen atoms in total. The second-order valence-electron chi connectivity index (χ2n) is 8.92. The van der Waals surface area contributed by atoms with Gasteiger partial charge in [-0.2, -0.15) is 11.8 Å². The molecule has 1 saturated heterocycles. The topological polar surface area (TPSA) is 137 Å². The number of aliphatic hydroxyl groups excluding tert-OH is 2. The molecule has 10 heteroatoms. The number of rotatable bonds is 14. The van der Waals surface area contributed by atoms with E-state index in [2.05, 4.69) is 5.32 Å². The van der Waals surface area contributed by atoms with Gasteiger partial charge in [0.2, 0.25) is 11.8 Å². The van der Waals surface area contributed by atoms with Gasteiger partial charge in [0.15, 0.2) is 6.29 Å². The van der Waals surface area contributed by atoms with Gasteiger partial charge in [-0.1, -0.05) is 42.8 Å². The zero-order valence-corrected chi connectivity index (χ0v) is 21.6. The maximum atomic E-state index is 12.4. The molecule has 0 spiro atoms. The first-order valence-corrected chi connectivity index (χ1v) is 13.7. The summed E-state index contributed by atoms with van der Waals surface area (Å²) in [6.07, 6.45) is 2.29. The summed E-state index contributed by atoms with van der Waals surface area (Å²) in [5, 5.41) is 29.9. The minimum absolute atomic E-state index is 0.0165. The number of hydroxylamine groups is 1. The van der Waals surface area contributed by atoms with Crippen LogP contribution in [0.5, 0.6) is 0 Å². The number of carbonyl (C=O) groups excluding carboxylic acids is 2. The summed E-state index contributed by atoms with van der Waals surface area (Å²) in [5.41, 5.74) is 4.88. The van der Waals surface area contributed by atoms with Crippen molar-refractivity contribution in [1.82, 2.24) is 5.48 Å². The van der Waals surface area contributed by atoms with E-state index in [1.54, 1.807) is 17.2 Å². The highest BCUT2D eigenvalue weighted by Crippen LogP contribution is 2.39. The number of unbranched alkanes of at least 4 members (excludes halogenated alkanes) is 2. The van der Waals surface area contributed by atoms with Crippen LogP contribution in [0.25, 0.3) is 0 Å². The molecule has 2 aromatic rings. The number of hydrogen-bond donors (Lipinski definition) is 5. The summed E-state index contributed by atoms with van der Waals surface area (Å²) in [7, 11) is 0. The van der Waals surface area contributed by atoms with Crippen molar-refractivity contribution in [2.45, 2.75) is 63.6 Å². The quantitative estimate of drug-likeness (QED) is 0.141. The van der Waals surface area contributed by atoms with Crippen LogP contribution >= 0.6 is 11.8 Å². The molecular weight excluding hydrogens is 496 g/mol. The normalized spacial score (nSPS) is 19.4. The molecule has 1 fully saturated rings. The average molecular weight is 533 g/mol. The maximum absolute atomic E-state index is 12.4. The van der Waals surface area contributed by atoms with Gasteiger partial charge < -0.3 is 25.0 Å². The number of benzene rings is 2. The van der Waals surface area contributed by atoms with Crippen LogP contribution in [0.15, 0.2) is 48.5 Å². The van der Waals surface area contributed by atoms with Crippen LogP contribution < -0.4 is 10.8 Å². The summed E-state index contributed by atoms with van der Waals surface area (Å²) < 4.78 is 12.6. The summed E-state index contributed by atoms with van der Waals surface area (Å²) >= 11 is 1.63. The van der Waals surface area contributed by atoms with Crippen LogP contribution in [0, 0.1) is 0 Å². The third kappa shape index (κ3) is 9.73. The highest BCUT2D eigenvalue weighted by molar-refractivity contribution is 7.99. The lowest BCUT2D eigenvalue weighted by Crippen LogP contribution is -2.31. The van der Waals surface area contributed by atoms with Crippen molar-refractivity contribution >= 4 is 29.3 Å². The van der Waals surface area contributed by atoms with Crippen LogP contribution in [0.1, 0.15) is 67.6 Å². The molecule has 3 rings (SSSR count). The lowest BCUT2D eigenvalue weighted by molar-refractivity contribution is -0.245. The molecule has 0 unspecified atom stereocenters. The van der Waals surface area contributed by atoms with Gasteiger partial charge in [-0.05, 0) is 36.1 Å². The SMILES string of the molecule is O=C(CCCCCC(=O)Nc1cccc([C@H]2O[C@@H](CSCCO)C[C@@H](c3ccc(CO)cc3)O2)c1)NO. The molecule has 0 bridgehead atoms. The van der Waals surface area contributed by atoms with Gasteiger partial charge in [0, 0.05) is 42.0 Å². The lowest BCUT2D eigenvalue weighted by atomic mass is 10.0. The summed E-state index contributed by atoms with van der Waals surface area (Å²) in [4.78, 5) is 23.5. The molecule has 0 radical (unpaired) electrons. The number of ether oxygens (including phenoxy) is 2. The third-order valence-corrected chi connectivity index (χ3v) is 7.11. The first-order valence-electron chi connectivity index (χ1n) is 12.5. The van der Waals surface area contributed by atoms with Gasteiger partial charge in [0.25, 0.3) is 0 Å². The van der Waals surface area contributed by atoms with E-state index >= 15 is 0 Å². The Balaban J connectivity index is 1.62. The van der Waals surface area contributed by atoms with Gasteiger partial charge >= 0.3 is 0 Å². The monoisotopic (exact) mass is 532 g/mol. The van der Waals surface area contributed by atoms with Crippen molar-refractivity contribution in [3.8, 4) is 0 Å². The Hall–Kier alpha value is -2.47. The Labute approximate surface area is 221 Å². The van der Waals surface area contributed by atoms with Crippen molar-refractivity contribution in [1.29, 1.82) is 0 Å². The van der Waals surface area contributed by atoms with Crippen molar-refractivity contribution in [3.63, 3.8) is 0 Å². The molecule has 202 valence electrons. The molecule has 2 aromatic carbocycles. The molecule has 0 aliphatic carbocycles. The molecule has 2 amide bonds. The van der Waals surface area contributed by atoms with Crippen molar-refractivity contribution in [2.75, 3.05) is 23.4 Å². The predicted octanol–water partition coefficient (Wildman–Crippen LogP) is 3.84. The number of nitrogens with one attached hydrogen (secondary N) is 2. The number of aliphatic hydroxyl groups is 2. The van der Waals surface area contributed by atoms with E-state index in [0.717, 1.165) is 22.4 Å².